The normalized spacial score (nSPS) is 23.5. The smallest absolute Gasteiger partial charge is 0.246 e. The molecule has 1 aromatic carbocycles. The monoisotopic (exact) mass is 1000 g/mol. The van der Waals surface area contributed by atoms with E-state index >= 15 is 0 Å². The Hall–Kier alpha value is -6.11. The van der Waals surface area contributed by atoms with E-state index in [-0.39, 0.29) is 56.9 Å². The number of likely N-dealkylation sites (tertiary alicyclic amines) is 1. The van der Waals surface area contributed by atoms with Crippen LogP contribution < -0.4 is 60.2 Å². The molecular weight excluding hydrogens is 935 g/mol. The summed E-state index contributed by atoms with van der Waals surface area (Å²) in [5, 5.41) is 18.4. The van der Waals surface area contributed by atoms with Crippen molar-refractivity contribution in [2.75, 3.05) is 31.9 Å². The van der Waals surface area contributed by atoms with Crippen LogP contribution in [0.1, 0.15) is 90.0 Å². The molecule has 1 spiro atoms. The molecule has 1 saturated carbocycles. The number of carbonyl (C=O) groups excluding carboxylic acids is 10. The second-order valence-electron chi connectivity index (χ2n) is 17.8. The quantitative estimate of drug-likeness (QED) is 0.0373. The summed E-state index contributed by atoms with van der Waals surface area (Å²) in [5.74, 6) is -8.30. The van der Waals surface area contributed by atoms with Gasteiger partial charge in [0.1, 0.15) is 36.3 Å². The van der Waals surface area contributed by atoms with Gasteiger partial charge in [0.25, 0.3) is 0 Å². The van der Waals surface area contributed by atoms with Gasteiger partial charge in [0, 0.05) is 36.4 Å². The zero-order chi connectivity index (χ0) is 50.7. The number of nitrogens with one attached hydrogen (secondary N) is 7. The molecule has 69 heavy (non-hydrogen) atoms. The number of carbonyl (C=O) groups is 10. The van der Waals surface area contributed by atoms with Gasteiger partial charge in [-0.05, 0) is 50.0 Å². The fourth-order valence-electron chi connectivity index (χ4n) is 8.30. The van der Waals surface area contributed by atoms with Gasteiger partial charge in [0.2, 0.25) is 59.1 Å². The van der Waals surface area contributed by atoms with Gasteiger partial charge in [-0.15, -0.1) is 0 Å². The SMILES string of the molecule is CC(C)[C@@H]1NC(=O)[C@H](Cc2ccccc2)NC(=O)CNC(=O)CC2(CCCCC2)SSC[C@@H](C(=O)N2CCC[C@H]2C(=O)N[C@@H](CCCN=C(N)N)C(=O)NCC(N)=O)NC(=O)[C@H](CC(N)=O)NC1=O. The van der Waals surface area contributed by atoms with E-state index < -0.39 is 125 Å². The molecule has 2 heterocycles. The van der Waals surface area contributed by atoms with E-state index in [1.807, 2.05) is 0 Å². The molecule has 1 aliphatic carbocycles. The number of benzene rings is 1. The number of rotatable bonds is 15. The number of hydrogen-bond donors (Lipinski definition) is 11. The minimum Gasteiger partial charge on any atom is -0.370 e. The lowest BCUT2D eigenvalue weighted by molar-refractivity contribution is -0.142. The standard InChI is InChI=1S/C44H67N13O10S2/c1-25(2)36-41(66)54-29(20-32(45)58)38(63)55-30(42(67)57-18-10-14-31(57)40(65)53-27(13-9-17-49-43(47)48)37(62)51-22-33(46)59)24-68-69-44(15-7-4-8-16-44)21-34(60)50-23-35(61)52-28(39(64)56-36)19-26-11-5-3-6-12-26/h3,5-6,11-12,25,27-31,36H,4,7-10,13-24H2,1-2H3,(H2,45,58)(H2,46,59)(H,50,60)(H,51,62)(H,52,61)(H,53,65)(H,54,66)(H,55,63)(H,56,64)(H4,47,48,49)/t27-,28-,29-,30-,31-,36-/m0/s1. The summed E-state index contributed by atoms with van der Waals surface area (Å²) in [6, 6.07) is 1.08. The van der Waals surface area contributed by atoms with Crippen LogP contribution in [-0.4, -0.2) is 143 Å². The Kier molecular flexibility index (Phi) is 21.9. The van der Waals surface area contributed by atoms with Gasteiger partial charge in [-0.3, -0.25) is 52.9 Å². The van der Waals surface area contributed by atoms with Crippen molar-refractivity contribution in [1.29, 1.82) is 0 Å². The van der Waals surface area contributed by atoms with Crippen molar-refractivity contribution in [2.24, 2.45) is 33.8 Å². The van der Waals surface area contributed by atoms with E-state index in [9.17, 15) is 47.9 Å². The Labute approximate surface area is 408 Å². The molecule has 0 bridgehead atoms. The molecular formula is C44H67N13O10S2. The molecule has 6 atom stereocenters. The number of nitrogens with zero attached hydrogens (tertiary/aromatic N) is 2. The third kappa shape index (κ3) is 18.1. The number of aliphatic imine (C=N–C) groups is 1. The highest BCUT2D eigenvalue weighted by Gasteiger charge is 2.42. The summed E-state index contributed by atoms with van der Waals surface area (Å²) in [6.45, 7) is 2.57. The third-order valence-corrected chi connectivity index (χ3v) is 15.2. The van der Waals surface area contributed by atoms with Crippen LogP contribution in [0.5, 0.6) is 0 Å². The number of guanidine groups is 1. The van der Waals surface area contributed by atoms with Crippen LogP contribution >= 0.6 is 21.6 Å². The largest absolute Gasteiger partial charge is 0.370 e. The Morgan fingerprint density at radius 3 is 2.19 bits per heavy atom. The van der Waals surface area contributed by atoms with E-state index in [2.05, 4.69) is 42.2 Å². The summed E-state index contributed by atoms with van der Waals surface area (Å²) in [5.41, 5.74) is 22.4. The number of amides is 10. The first-order chi connectivity index (χ1) is 32.8. The van der Waals surface area contributed by atoms with E-state index in [0.717, 1.165) is 19.3 Å². The van der Waals surface area contributed by atoms with Crippen molar-refractivity contribution in [2.45, 2.75) is 132 Å². The minimum atomic E-state index is -1.63. The highest BCUT2D eigenvalue weighted by atomic mass is 33.1. The van der Waals surface area contributed by atoms with Crippen LogP contribution in [0, 0.1) is 5.92 Å². The molecule has 3 fully saturated rings. The van der Waals surface area contributed by atoms with Crippen LogP contribution in [0.4, 0.5) is 0 Å². The molecule has 4 rings (SSSR count). The molecule has 0 radical (unpaired) electrons. The predicted molar refractivity (Wildman–Crippen MR) is 259 cm³/mol. The lowest BCUT2D eigenvalue weighted by atomic mass is 9.85. The van der Waals surface area contributed by atoms with Crippen LogP contribution in [0.15, 0.2) is 35.3 Å². The van der Waals surface area contributed by atoms with Crippen LogP contribution in [0.3, 0.4) is 0 Å². The fraction of sp³-hybridized carbons (Fsp3) is 0.614. The van der Waals surface area contributed by atoms with Crippen molar-refractivity contribution in [3.63, 3.8) is 0 Å². The molecule has 1 aromatic rings. The molecule has 0 aromatic heterocycles. The van der Waals surface area contributed by atoms with Gasteiger partial charge in [-0.25, -0.2) is 0 Å². The zero-order valence-corrected chi connectivity index (χ0v) is 40.7. The molecule has 380 valence electrons. The van der Waals surface area contributed by atoms with Gasteiger partial charge >= 0.3 is 0 Å². The van der Waals surface area contributed by atoms with Crippen LogP contribution in [-0.2, 0) is 54.4 Å². The molecule has 15 N–H and O–H groups in total. The van der Waals surface area contributed by atoms with E-state index in [1.54, 1.807) is 44.2 Å². The lowest BCUT2D eigenvalue weighted by Crippen LogP contribution is -2.61. The molecule has 2 aliphatic heterocycles. The van der Waals surface area contributed by atoms with Crippen molar-refractivity contribution in [3.05, 3.63) is 35.9 Å². The van der Waals surface area contributed by atoms with Crippen molar-refractivity contribution < 1.29 is 47.9 Å². The molecule has 25 heteroatoms. The maximum Gasteiger partial charge on any atom is 0.246 e. The van der Waals surface area contributed by atoms with Crippen LogP contribution in [0.2, 0.25) is 0 Å². The van der Waals surface area contributed by atoms with Crippen molar-refractivity contribution in [3.8, 4) is 0 Å². The number of primary amides is 2. The average Bonchev–Trinajstić information content (AvgIpc) is 3.79. The third-order valence-electron chi connectivity index (χ3n) is 11.9. The Morgan fingerprint density at radius 1 is 0.841 bits per heavy atom. The van der Waals surface area contributed by atoms with Crippen molar-refractivity contribution >= 4 is 86.6 Å². The lowest BCUT2D eigenvalue weighted by Gasteiger charge is -2.36. The minimum absolute atomic E-state index is 0.0220. The Balaban J connectivity index is 1.67. The van der Waals surface area contributed by atoms with Gasteiger partial charge in [-0.1, -0.05) is 85.0 Å². The fourth-order valence-corrected chi connectivity index (χ4v) is 11.7. The summed E-state index contributed by atoms with van der Waals surface area (Å²) in [7, 11) is 2.60. The average molecular weight is 1000 g/mol. The first kappa shape index (κ1) is 55.5. The summed E-state index contributed by atoms with van der Waals surface area (Å²) >= 11 is 0. The second kappa shape index (κ2) is 27.2. The number of hydrogen-bond acceptors (Lipinski definition) is 13. The highest BCUT2D eigenvalue weighted by Crippen LogP contribution is 2.48. The van der Waals surface area contributed by atoms with E-state index in [0.29, 0.717) is 24.8 Å². The topological polar surface area (TPSA) is 375 Å². The predicted octanol–water partition coefficient (Wildman–Crippen LogP) is -2.57. The molecule has 10 amide bonds. The number of nitrogens with two attached hydrogens (primary N) is 4. The van der Waals surface area contributed by atoms with Gasteiger partial charge in [0.15, 0.2) is 5.96 Å². The molecule has 0 unspecified atom stereocenters. The first-order valence-electron chi connectivity index (χ1n) is 23.1. The molecule has 2 saturated heterocycles. The molecule has 3 aliphatic rings. The molecule has 23 nitrogen and oxygen atoms in total. The highest BCUT2D eigenvalue weighted by molar-refractivity contribution is 8.77. The zero-order valence-electron chi connectivity index (χ0n) is 39.1. The maximum atomic E-state index is 14.7. The first-order valence-corrected chi connectivity index (χ1v) is 25.4. The van der Waals surface area contributed by atoms with Gasteiger partial charge in [0.05, 0.1) is 19.5 Å². The van der Waals surface area contributed by atoms with Crippen LogP contribution in [0.25, 0.3) is 0 Å². The summed E-state index contributed by atoms with van der Waals surface area (Å²) in [4.78, 5) is 140. The maximum absolute atomic E-state index is 14.7. The Bertz CT molecular complexity index is 2050. The van der Waals surface area contributed by atoms with Gasteiger partial charge < -0.3 is 65.1 Å². The second-order valence-corrected chi connectivity index (χ2v) is 20.6. The summed E-state index contributed by atoms with van der Waals surface area (Å²) in [6.07, 6.45) is 4.05. The Morgan fingerprint density at radius 2 is 1.54 bits per heavy atom. The van der Waals surface area contributed by atoms with E-state index in [1.165, 1.54) is 26.5 Å². The van der Waals surface area contributed by atoms with E-state index in [4.69, 9.17) is 22.9 Å². The van der Waals surface area contributed by atoms with Gasteiger partial charge in [-0.2, -0.15) is 0 Å². The summed E-state index contributed by atoms with van der Waals surface area (Å²) < 4.78 is -0.632. The van der Waals surface area contributed by atoms with Crippen molar-refractivity contribution in [1.82, 2.24) is 42.1 Å².